The standard InChI is InChI=1S/C26H31N3O4/c30-24(9-4-8-21-6-2-1-3-7-21)27-16-18-28(19-17-27)26(32)20-33-23-13-11-22(12-14-23)29-15-5-10-25(29)31/h1-3,6-7,11-14H,4-5,8-10,15-20H2. The van der Waals surface area contributed by atoms with Crippen LogP contribution in [0.4, 0.5) is 5.69 Å². The van der Waals surface area contributed by atoms with Crippen molar-refractivity contribution >= 4 is 23.4 Å². The summed E-state index contributed by atoms with van der Waals surface area (Å²) in [5.41, 5.74) is 2.11. The molecular formula is C26H31N3O4. The molecule has 7 heteroatoms. The molecule has 174 valence electrons. The van der Waals surface area contributed by atoms with E-state index in [2.05, 4.69) is 12.1 Å². The van der Waals surface area contributed by atoms with E-state index in [1.807, 2.05) is 35.2 Å². The van der Waals surface area contributed by atoms with E-state index in [1.165, 1.54) is 5.56 Å². The highest BCUT2D eigenvalue weighted by molar-refractivity contribution is 5.95. The fraction of sp³-hybridized carbons (Fsp3) is 0.423. The second kappa shape index (κ2) is 11.0. The highest BCUT2D eigenvalue weighted by atomic mass is 16.5. The van der Waals surface area contributed by atoms with Gasteiger partial charge in [-0.3, -0.25) is 14.4 Å². The summed E-state index contributed by atoms with van der Waals surface area (Å²) in [6.07, 6.45) is 3.75. The molecule has 33 heavy (non-hydrogen) atoms. The van der Waals surface area contributed by atoms with Gasteiger partial charge in [0.2, 0.25) is 11.8 Å². The van der Waals surface area contributed by atoms with Crippen molar-refractivity contribution in [3.63, 3.8) is 0 Å². The predicted molar refractivity (Wildman–Crippen MR) is 126 cm³/mol. The topological polar surface area (TPSA) is 70.2 Å². The third kappa shape index (κ3) is 6.12. The van der Waals surface area contributed by atoms with Gasteiger partial charge in [-0.05, 0) is 49.1 Å². The maximum Gasteiger partial charge on any atom is 0.260 e. The van der Waals surface area contributed by atoms with Gasteiger partial charge in [-0.2, -0.15) is 0 Å². The molecule has 2 aliphatic heterocycles. The number of carbonyl (C=O) groups is 3. The van der Waals surface area contributed by atoms with Gasteiger partial charge in [0.1, 0.15) is 5.75 Å². The smallest absolute Gasteiger partial charge is 0.260 e. The van der Waals surface area contributed by atoms with E-state index in [1.54, 1.807) is 21.9 Å². The molecule has 2 saturated heterocycles. The third-order valence-corrected chi connectivity index (χ3v) is 6.27. The lowest BCUT2D eigenvalue weighted by Gasteiger charge is -2.34. The zero-order chi connectivity index (χ0) is 23.0. The fourth-order valence-electron chi connectivity index (χ4n) is 4.33. The number of aryl methyl sites for hydroxylation is 1. The molecule has 0 spiro atoms. The molecule has 0 atom stereocenters. The fourth-order valence-corrected chi connectivity index (χ4v) is 4.33. The molecule has 0 radical (unpaired) electrons. The van der Waals surface area contributed by atoms with Crippen molar-refractivity contribution in [2.45, 2.75) is 32.1 Å². The van der Waals surface area contributed by atoms with Crippen LogP contribution in [0.5, 0.6) is 5.75 Å². The summed E-state index contributed by atoms with van der Waals surface area (Å²) in [5, 5.41) is 0. The summed E-state index contributed by atoms with van der Waals surface area (Å²) in [6.45, 7) is 2.90. The van der Waals surface area contributed by atoms with Crippen LogP contribution in [-0.4, -0.2) is 66.9 Å². The summed E-state index contributed by atoms with van der Waals surface area (Å²) in [7, 11) is 0. The SMILES string of the molecule is O=C(CCCc1ccccc1)N1CCN(C(=O)COc2ccc(N3CCCC3=O)cc2)CC1. The minimum atomic E-state index is -0.0787. The molecule has 0 aromatic heterocycles. The first-order valence-electron chi connectivity index (χ1n) is 11.7. The van der Waals surface area contributed by atoms with Crippen molar-refractivity contribution in [1.82, 2.24) is 9.80 Å². The highest BCUT2D eigenvalue weighted by Crippen LogP contribution is 2.24. The van der Waals surface area contributed by atoms with Crippen molar-refractivity contribution in [2.24, 2.45) is 0 Å². The van der Waals surface area contributed by atoms with Crippen LogP contribution in [0.25, 0.3) is 0 Å². The average Bonchev–Trinajstić information content (AvgIpc) is 3.29. The zero-order valence-electron chi connectivity index (χ0n) is 18.9. The van der Waals surface area contributed by atoms with E-state index in [9.17, 15) is 14.4 Å². The van der Waals surface area contributed by atoms with Crippen LogP contribution in [0.2, 0.25) is 0 Å². The Hall–Kier alpha value is -3.35. The van der Waals surface area contributed by atoms with E-state index < -0.39 is 0 Å². The Morgan fingerprint density at radius 2 is 1.48 bits per heavy atom. The summed E-state index contributed by atoms with van der Waals surface area (Å²) < 4.78 is 5.66. The number of benzene rings is 2. The normalized spacial score (nSPS) is 16.2. The third-order valence-electron chi connectivity index (χ3n) is 6.27. The number of nitrogens with zero attached hydrogens (tertiary/aromatic N) is 3. The van der Waals surface area contributed by atoms with Crippen LogP contribution < -0.4 is 9.64 Å². The molecular weight excluding hydrogens is 418 g/mol. The Morgan fingerprint density at radius 3 is 2.12 bits per heavy atom. The Bertz CT molecular complexity index is 953. The van der Waals surface area contributed by atoms with Crippen LogP contribution in [0.1, 0.15) is 31.2 Å². The molecule has 0 unspecified atom stereocenters. The van der Waals surface area contributed by atoms with Gasteiger partial charge in [0.05, 0.1) is 0 Å². The van der Waals surface area contributed by atoms with Crippen LogP contribution in [0, 0.1) is 0 Å². The van der Waals surface area contributed by atoms with Crippen molar-refractivity contribution in [1.29, 1.82) is 0 Å². The first-order valence-corrected chi connectivity index (χ1v) is 11.7. The number of ether oxygens (including phenoxy) is 1. The number of anilines is 1. The molecule has 7 nitrogen and oxygen atoms in total. The molecule has 4 rings (SSSR count). The van der Waals surface area contributed by atoms with Gasteiger partial charge in [-0.15, -0.1) is 0 Å². The van der Waals surface area contributed by atoms with Crippen molar-refractivity contribution < 1.29 is 19.1 Å². The summed E-state index contributed by atoms with van der Waals surface area (Å²) >= 11 is 0. The maximum atomic E-state index is 12.5. The lowest BCUT2D eigenvalue weighted by atomic mass is 10.1. The van der Waals surface area contributed by atoms with Gasteiger partial charge in [-0.1, -0.05) is 30.3 Å². The minimum Gasteiger partial charge on any atom is -0.484 e. The zero-order valence-corrected chi connectivity index (χ0v) is 18.9. The highest BCUT2D eigenvalue weighted by Gasteiger charge is 2.24. The van der Waals surface area contributed by atoms with Gasteiger partial charge >= 0.3 is 0 Å². The molecule has 2 aromatic carbocycles. The van der Waals surface area contributed by atoms with Gasteiger partial charge in [0.15, 0.2) is 6.61 Å². The summed E-state index contributed by atoms with van der Waals surface area (Å²) in [5.74, 6) is 0.828. The number of carbonyl (C=O) groups excluding carboxylic acids is 3. The van der Waals surface area contributed by atoms with Crippen LogP contribution in [0.3, 0.4) is 0 Å². The Balaban J connectivity index is 1.15. The molecule has 2 aliphatic rings. The quantitative estimate of drug-likeness (QED) is 0.621. The van der Waals surface area contributed by atoms with Crippen molar-refractivity contribution in [2.75, 3.05) is 44.2 Å². The number of hydrogen-bond donors (Lipinski definition) is 0. The van der Waals surface area contributed by atoms with Gasteiger partial charge in [-0.25, -0.2) is 0 Å². The molecule has 0 bridgehead atoms. The van der Waals surface area contributed by atoms with Gasteiger partial charge < -0.3 is 19.4 Å². The lowest BCUT2D eigenvalue weighted by molar-refractivity contribution is -0.140. The maximum absolute atomic E-state index is 12.5. The first kappa shape index (κ1) is 22.8. The largest absolute Gasteiger partial charge is 0.484 e. The second-order valence-electron chi connectivity index (χ2n) is 8.53. The van der Waals surface area contributed by atoms with Crippen molar-refractivity contribution in [3.05, 3.63) is 60.2 Å². The Morgan fingerprint density at radius 1 is 0.818 bits per heavy atom. The number of amides is 3. The van der Waals surface area contributed by atoms with Gasteiger partial charge in [0.25, 0.3) is 5.91 Å². The minimum absolute atomic E-state index is 0.0347. The van der Waals surface area contributed by atoms with Crippen LogP contribution >= 0.6 is 0 Å². The number of hydrogen-bond acceptors (Lipinski definition) is 4. The Labute approximate surface area is 194 Å². The molecule has 2 fully saturated rings. The van der Waals surface area contributed by atoms with Crippen LogP contribution in [0.15, 0.2) is 54.6 Å². The molecule has 2 heterocycles. The van der Waals surface area contributed by atoms with E-state index in [-0.39, 0.29) is 24.3 Å². The lowest BCUT2D eigenvalue weighted by Crippen LogP contribution is -2.51. The van der Waals surface area contributed by atoms with Gasteiger partial charge in [0, 0.05) is 51.3 Å². The first-order chi connectivity index (χ1) is 16.1. The molecule has 0 N–H and O–H groups in total. The average molecular weight is 450 g/mol. The molecule has 0 saturated carbocycles. The molecule has 0 aliphatic carbocycles. The predicted octanol–water partition coefficient (Wildman–Crippen LogP) is 2.89. The van der Waals surface area contributed by atoms with Crippen LogP contribution in [-0.2, 0) is 20.8 Å². The molecule has 2 aromatic rings. The van der Waals surface area contributed by atoms with E-state index in [0.717, 1.165) is 31.5 Å². The second-order valence-corrected chi connectivity index (χ2v) is 8.53. The summed E-state index contributed by atoms with van der Waals surface area (Å²) in [6, 6.07) is 17.5. The Kier molecular flexibility index (Phi) is 7.60. The van der Waals surface area contributed by atoms with E-state index in [4.69, 9.17) is 4.74 Å². The van der Waals surface area contributed by atoms with E-state index >= 15 is 0 Å². The summed E-state index contributed by atoms with van der Waals surface area (Å²) in [4.78, 5) is 42.3. The number of piperazine rings is 1. The number of rotatable bonds is 8. The monoisotopic (exact) mass is 449 g/mol. The van der Waals surface area contributed by atoms with Crippen molar-refractivity contribution in [3.8, 4) is 5.75 Å². The van der Waals surface area contributed by atoms with E-state index in [0.29, 0.717) is 44.8 Å². The molecule has 3 amide bonds.